The van der Waals surface area contributed by atoms with Crippen molar-refractivity contribution in [2.75, 3.05) is 6.54 Å². The Labute approximate surface area is 121 Å². The van der Waals surface area contributed by atoms with Crippen molar-refractivity contribution in [1.29, 1.82) is 0 Å². The number of aromatic nitrogens is 3. The molecule has 0 radical (unpaired) electrons. The van der Waals surface area contributed by atoms with Gasteiger partial charge < -0.3 is 9.88 Å². The number of carbonyl (C=O) groups excluding carboxylic acids is 1. The highest BCUT2D eigenvalue weighted by atomic mass is 16.2. The van der Waals surface area contributed by atoms with E-state index in [9.17, 15) is 9.59 Å². The molecule has 6 heteroatoms. The number of amides is 1. The molecule has 2 aromatic heterocycles. The van der Waals surface area contributed by atoms with Crippen LogP contribution in [0.25, 0.3) is 0 Å². The van der Waals surface area contributed by atoms with Gasteiger partial charge in [-0.2, -0.15) is 0 Å². The van der Waals surface area contributed by atoms with Crippen molar-refractivity contribution in [3.05, 3.63) is 58.0 Å². The van der Waals surface area contributed by atoms with E-state index >= 15 is 0 Å². The summed E-state index contributed by atoms with van der Waals surface area (Å²) in [6, 6.07) is 6.52. The molecule has 3 heterocycles. The van der Waals surface area contributed by atoms with Gasteiger partial charge in [0.25, 0.3) is 11.5 Å². The average molecular weight is 284 g/mol. The van der Waals surface area contributed by atoms with Crippen LogP contribution in [0.2, 0.25) is 0 Å². The molecular formula is C15H16N4O2. The zero-order chi connectivity index (χ0) is 14.8. The molecule has 0 aliphatic carbocycles. The van der Waals surface area contributed by atoms with Crippen molar-refractivity contribution in [2.45, 2.75) is 25.8 Å². The summed E-state index contributed by atoms with van der Waals surface area (Å²) in [6.07, 6.45) is 3.29. The average Bonchev–Trinajstić information content (AvgIpc) is 2.96. The minimum absolute atomic E-state index is 0.123. The number of nitrogens with zero attached hydrogens (tertiary/aromatic N) is 3. The predicted octanol–water partition coefficient (Wildman–Crippen LogP) is 1.45. The van der Waals surface area contributed by atoms with E-state index in [4.69, 9.17) is 0 Å². The Kier molecular flexibility index (Phi) is 3.51. The van der Waals surface area contributed by atoms with Crippen LogP contribution in [0.1, 0.15) is 40.9 Å². The summed E-state index contributed by atoms with van der Waals surface area (Å²) in [5, 5.41) is 0. The number of aromatic amines is 1. The molecular weight excluding hydrogens is 268 g/mol. The second kappa shape index (κ2) is 5.47. The third kappa shape index (κ3) is 2.69. The number of hydrogen-bond donors (Lipinski definition) is 1. The minimum atomic E-state index is -0.188. The van der Waals surface area contributed by atoms with Gasteiger partial charge in [0.15, 0.2) is 0 Å². The second-order valence-electron chi connectivity index (χ2n) is 5.14. The third-order valence-electron chi connectivity index (χ3n) is 3.60. The number of rotatable bonds is 2. The van der Waals surface area contributed by atoms with E-state index < -0.39 is 0 Å². The number of aryl methyl sites for hydroxylation is 1. The smallest absolute Gasteiger partial charge is 0.273 e. The first-order valence-corrected chi connectivity index (χ1v) is 6.95. The van der Waals surface area contributed by atoms with Gasteiger partial charge in [-0.1, -0.05) is 6.07 Å². The zero-order valence-corrected chi connectivity index (χ0v) is 11.7. The maximum atomic E-state index is 12.5. The fourth-order valence-corrected chi connectivity index (χ4v) is 2.69. The van der Waals surface area contributed by atoms with Gasteiger partial charge in [-0.15, -0.1) is 0 Å². The monoisotopic (exact) mass is 284 g/mol. The van der Waals surface area contributed by atoms with Gasteiger partial charge in [-0.05, 0) is 31.9 Å². The molecule has 0 spiro atoms. The fourth-order valence-electron chi connectivity index (χ4n) is 2.69. The van der Waals surface area contributed by atoms with Crippen LogP contribution in [0.3, 0.4) is 0 Å². The van der Waals surface area contributed by atoms with Gasteiger partial charge in [-0.3, -0.25) is 14.6 Å². The Balaban J connectivity index is 1.92. The van der Waals surface area contributed by atoms with Crippen LogP contribution in [-0.4, -0.2) is 32.3 Å². The quantitative estimate of drug-likeness (QED) is 0.905. The summed E-state index contributed by atoms with van der Waals surface area (Å²) in [4.78, 5) is 37.1. The lowest BCUT2D eigenvalue weighted by atomic mass is 10.2. The van der Waals surface area contributed by atoms with Crippen LogP contribution < -0.4 is 5.56 Å². The summed E-state index contributed by atoms with van der Waals surface area (Å²) in [7, 11) is 0. The van der Waals surface area contributed by atoms with Crippen LogP contribution in [0.5, 0.6) is 0 Å². The topological polar surface area (TPSA) is 79.0 Å². The van der Waals surface area contributed by atoms with E-state index in [1.807, 2.05) is 0 Å². The number of hydrogen-bond acceptors (Lipinski definition) is 4. The Bertz CT molecular complexity index is 711. The number of carbonyl (C=O) groups is 1. The molecule has 2 aromatic rings. The van der Waals surface area contributed by atoms with Crippen molar-refractivity contribution < 1.29 is 4.79 Å². The summed E-state index contributed by atoms with van der Waals surface area (Å²) in [6.45, 7) is 2.43. The van der Waals surface area contributed by atoms with Crippen LogP contribution >= 0.6 is 0 Å². The third-order valence-corrected chi connectivity index (χ3v) is 3.60. The molecule has 1 saturated heterocycles. The molecule has 1 amide bonds. The molecule has 6 nitrogen and oxygen atoms in total. The predicted molar refractivity (Wildman–Crippen MR) is 76.8 cm³/mol. The molecule has 1 N–H and O–H groups in total. The van der Waals surface area contributed by atoms with Crippen molar-refractivity contribution >= 4 is 5.91 Å². The SMILES string of the molecule is Cc1cc(=O)[nH]c(C2CCCN2C(=O)c2ccccn2)n1. The van der Waals surface area contributed by atoms with Gasteiger partial charge in [0.2, 0.25) is 0 Å². The molecule has 0 aromatic carbocycles. The molecule has 0 bridgehead atoms. The molecule has 3 rings (SSSR count). The van der Waals surface area contributed by atoms with Crippen LogP contribution in [0.15, 0.2) is 35.3 Å². The van der Waals surface area contributed by atoms with E-state index in [0.29, 0.717) is 23.8 Å². The van der Waals surface area contributed by atoms with E-state index in [0.717, 1.165) is 12.8 Å². The minimum Gasteiger partial charge on any atom is -0.327 e. The lowest BCUT2D eigenvalue weighted by Gasteiger charge is -2.23. The molecule has 21 heavy (non-hydrogen) atoms. The first-order chi connectivity index (χ1) is 10.1. The van der Waals surface area contributed by atoms with Gasteiger partial charge >= 0.3 is 0 Å². The van der Waals surface area contributed by atoms with E-state index in [1.54, 1.807) is 36.2 Å². The normalized spacial score (nSPS) is 18.0. The highest BCUT2D eigenvalue weighted by Crippen LogP contribution is 2.30. The lowest BCUT2D eigenvalue weighted by molar-refractivity contribution is 0.0723. The van der Waals surface area contributed by atoms with Crippen LogP contribution in [0, 0.1) is 6.92 Å². The molecule has 1 atom stereocenters. The summed E-state index contributed by atoms with van der Waals surface area (Å²) >= 11 is 0. The van der Waals surface area contributed by atoms with Gasteiger partial charge in [0, 0.05) is 24.5 Å². The van der Waals surface area contributed by atoms with Crippen molar-refractivity contribution in [2.24, 2.45) is 0 Å². The van der Waals surface area contributed by atoms with Gasteiger partial charge in [0.1, 0.15) is 11.5 Å². The number of likely N-dealkylation sites (tertiary alicyclic amines) is 1. The number of pyridine rings is 1. The number of H-pyrrole nitrogens is 1. The zero-order valence-electron chi connectivity index (χ0n) is 11.7. The Hall–Kier alpha value is -2.50. The first-order valence-electron chi connectivity index (χ1n) is 6.95. The molecule has 1 unspecified atom stereocenters. The highest BCUT2D eigenvalue weighted by molar-refractivity contribution is 5.92. The molecule has 0 saturated carbocycles. The number of nitrogens with one attached hydrogen (secondary N) is 1. The molecule has 1 aliphatic rings. The summed E-state index contributed by atoms with van der Waals surface area (Å²) in [5.41, 5.74) is 0.889. The summed E-state index contributed by atoms with van der Waals surface area (Å²) in [5.74, 6) is 0.434. The second-order valence-corrected chi connectivity index (χ2v) is 5.14. The maximum Gasteiger partial charge on any atom is 0.273 e. The highest BCUT2D eigenvalue weighted by Gasteiger charge is 2.32. The van der Waals surface area contributed by atoms with Gasteiger partial charge in [0.05, 0.1) is 6.04 Å². The van der Waals surface area contributed by atoms with Crippen molar-refractivity contribution in [3.8, 4) is 0 Å². The van der Waals surface area contributed by atoms with E-state index in [-0.39, 0.29) is 17.5 Å². The molecule has 1 fully saturated rings. The Morgan fingerprint density at radius 1 is 1.43 bits per heavy atom. The van der Waals surface area contributed by atoms with E-state index in [1.165, 1.54) is 6.07 Å². The van der Waals surface area contributed by atoms with Crippen LogP contribution in [-0.2, 0) is 0 Å². The van der Waals surface area contributed by atoms with Crippen molar-refractivity contribution in [3.63, 3.8) is 0 Å². The largest absolute Gasteiger partial charge is 0.327 e. The Morgan fingerprint density at radius 2 is 2.29 bits per heavy atom. The van der Waals surface area contributed by atoms with Crippen LogP contribution in [0.4, 0.5) is 0 Å². The summed E-state index contributed by atoms with van der Waals surface area (Å²) < 4.78 is 0. The van der Waals surface area contributed by atoms with E-state index in [2.05, 4.69) is 15.0 Å². The first kappa shape index (κ1) is 13.5. The molecule has 108 valence electrons. The fraction of sp³-hybridized carbons (Fsp3) is 0.333. The maximum absolute atomic E-state index is 12.5. The Morgan fingerprint density at radius 3 is 3.00 bits per heavy atom. The molecule has 1 aliphatic heterocycles. The van der Waals surface area contributed by atoms with Crippen molar-refractivity contribution in [1.82, 2.24) is 19.9 Å². The van der Waals surface area contributed by atoms with Gasteiger partial charge in [-0.25, -0.2) is 4.98 Å². The lowest BCUT2D eigenvalue weighted by Crippen LogP contribution is -2.33. The standard InChI is InChI=1S/C15H16N4O2/c1-10-9-13(20)18-14(17-10)12-6-4-8-19(12)15(21)11-5-2-3-7-16-11/h2-3,5,7,9,12H,4,6,8H2,1H3,(H,17,18,20).